The molecule has 2 N–H and O–H groups in total. The molecule has 1 heterocycles. The number of hydrogen-bond acceptors (Lipinski definition) is 4. The maximum Gasteiger partial charge on any atom is 0.326 e. The van der Waals surface area contributed by atoms with Gasteiger partial charge in [0.1, 0.15) is 6.04 Å². The van der Waals surface area contributed by atoms with Crippen molar-refractivity contribution in [1.29, 1.82) is 0 Å². The maximum absolute atomic E-state index is 12.4. The number of nitrogens with zero attached hydrogens (tertiary/aromatic N) is 2. The van der Waals surface area contributed by atoms with Crippen molar-refractivity contribution in [3.63, 3.8) is 0 Å². The van der Waals surface area contributed by atoms with Crippen molar-refractivity contribution in [3.8, 4) is 0 Å². The lowest BCUT2D eigenvalue weighted by Gasteiger charge is -2.13. The summed E-state index contributed by atoms with van der Waals surface area (Å²) in [5.74, 6) is -1.46. The lowest BCUT2D eigenvalue weighted by Crippen LogP contribution is -2.41. The predicted octanol–water partition coefficient (Wildman–Crippen LogP) is 1.92. The van der Waals surface area contributed by atoms with Crippen molar-refractivity contribution < 1.29 is 14.7 Å². The number of benzene rings is 1. The molecule has 8 heteroatoms. The molecule has 1 unspecified atom stereocenters. The van der Waals surface area contributed by atoms with Crippen molar-refractivity contribution in [2.75, 3.05) is 0 Å². The van der Waals surface area contributed by atoms with E-state index in [9.17, 15) is 14.4 Å². The van der Waals surface area contributed by atoms with Gasteiger partial charge < -0.3 is 10.4 Å². The van der Waals surface area contributed by atoms with Crippen LogP contribution in [0.15, 0.2) is 33.8 Å². The maximum atomic E-state index is 12.4. The van der Waals surface area contributed by atoms with E-state index in [1.165, 1.54) is 10.9 Å². The number of aromatic nitrogens is 2. The molecule has 0 radical (unpaired) electrons. The average molecular weight is 396 g/mol. The fourth-order valence-electron chi connectivity index (χ4n) is 2.33. The van der Waals surface area contributed by atoms with Crippen molar-refractivity contribution in [2.24, 2.45) is 0 Å². The van der Waals surface area contributed by atoms with E-state index in [0.29, 0.717) is 23.7 Å². The third-order valence-electron chi connectivity index (χ3n) is 3.58. The Bertz CT molecular complexity index is 819. The number of aryl methyl sites for hydroxylation is 1. The zero-order chi connectivity index (χ0) is 17.7. The summed E-state index contributed by atoms with van der Waals surface area (Å²) < 4.78 is 2.12. The highest BCUT2D eigenvalue weighted by molar-refractivity contribution is 9.10. The second-order valence-corrected chi connectivity index (χ2v) is 6.32. The van der Waals surface area contributed by atoms with Gasteiger partial charge in [-0.3, -0.25) is 14.2 Å². The third-order valence-corrected chi connectivity index (χ3v) is 4.07. The van der Waals surface area contributed by atoms with Crippen LogP contribution in [0.1, 0.15) is 26.2 Å². The summed E-state index contributed by atoms with van der Waals surface area (Å²) in [6.45, 7) is 1.99. The molecule has 1 aromatic carbocycles. The summed E-state index contributed by atoms with van der Waals surface area (Å²) in [5, 5.41) is 12.0. The summed E-state index contributed by atoms with van der Waals surface area (Å²) in [4.78, 5) is 39.6. The van der Waals surface area contributed by atoms with Crippen LogP contribution in [0.4, 0.5) is 0 Å². The van der Waals surface area contributed by atoms with Crippen LogP contribution in [0.25, 0.3) is 10.9 Å². The monoisotopic (exact) mass is 395 g/mol. The lowest BCUT2D eigenvalue weighted by molar-refractivity contribution is -0.142. The molecular formula is C16H18BrN3O4. The van der Waals surface area contributed by atoms with Gasteiger partial charge in [-0.05, 0) is 24.6 Å². The topological polar surface area (TPSA) is 101 Å². The molecule has 1 amide bonds. The fourth-order valence-corrected chi connectivity index (χ4v) is 2.69. The number of nitrogens with one attached hydrogen (secondary N) is 1. The minimum absolute atomic E-state index is 0.00852. The van der Waals surface area contributed by atoms with E-state index in [-0.39, 0.29) is 18.5 Å². The van der Waals surface area contributed by atoms with Gasteiger partial charge in [0.25, 0.3) is 5.56 Å². The van der Waals surface area contributed by atoms with E-state index in [1.54, 1.807) is 18.2 Å². The molecule has 7 nitrogen and oxygen atoms in total. The molecule has 0 spiro atoms. The molecule has 128 valence electrons. The first kappa shape index (κ1) is 18.1. The Kier molecular flexibility index (Phi) is 6.08. The van der Waals surface area contributed by atoms with Gasteiger partial charge in [0, 0.05) is 17.4 Å². The first-order valence-corrected chi connectivity index (χ1v) is 8.38. The van der Waals surface area contributed by atoms with Crippen LogP contribution in [0, 0.1) is 0 Å². The largest absolute Gasteiger partial charge is 0.480 e. The Morgan fingerprint density at radius 3 is 2.83 bits per heavy atom. The second kappa shape index (κ2) is 8.05. The van der Waals surface area contributed by atoms with E-state index in [1.807, 2.05) is 6.92 Å². The molecule has 24 heavy (non-hydrogen) atoms. The summed E-state index contributed by atoms with van der Waals surface area (Å²) in [6.07, 6.45) is 2.42. The van der Waals surface area contributed by atoms with Crippen LogP contribution in [-0.2, 0) is 16.1 Å². The summed E-state index contributed by atoms with van der Waals surface area (Å²) in [7, 11) is 0. The highest BCUT2D eigenvalue weighted by Crippen LogP contribution is 2.14. The Balaban J connectivity index is 2.07. The number of aliphatic carboxylic acids is 1. The smallest absolute Gasteiger partial charge is 0.326 e. The molecule has 0 aliphatic rings. The summed E-state index contributed by atoms with van der Waals surface area (Å²) >= 11 is 3.31. The predicted molar refractivity (Wildman–Crippen MR) is 92.8 cm³/mol. The van der Waals surface area contributed by atoms with Crippen molar-refractivity contribution in [1.82, 2.24) is 14.9 Å². The molecule has 1 aromatic heterocycles. The van der Waals surface area contributed by atoms with E-state index in [2.05, 4.69) is 26.2 Å². The molecule has 0 saturated heterocycles. The highest BCUT2D eigenvalue weighted by atomic mass is 79.9. The Hall–Kier alpha value is -2.22. The quantitative estimate of drug-likeness (QED) is 0.745. The summed E-state index contributed by atoms with van der Waals surface area (Å²) in [5.41, 5.74) is 0.343. The molecule has 2 rings (SSSR count). The van der Waals surface area contributed by atoms with Crippen LogP contribution in [0.3, 0.4) is 0 Å². The zero-order valence-corrected chi connectivity index (χ0v) is 14.7. The van der Waals surface area contributed by atoms with Crippen molar-refractivity contribution in [2.45, 2.75) is 38.8 Å². The number of fused-ring (bicyclic) bond motifs is 1. The van der Waals surface area contributed by atoms with Gasteiger partial charge >= 0.3 is 5.97 Å². The normalized spacial score (nSPS) is 12.1. The van der Waals surface area contributed by atoms with Crippen molar-refractivity contribution >= 4 is 38.7 Å². The molecular weight excluding hydrogens is 378 g/mol. The second-order valence-electron chi connectivity index (χ2n) is 5.40. The van der Waals surface area contributed by atoms with E-state index in [0.717, 1.165) is 4.47 Å². The van der Waals surface area contributed by atoms with Gasteiger partial charge in [-0.25, -0.2) is 9.78 Å². The number of hydrogen-bond donors (Lipinski definition) is 2. The van der Waals surface area contributed by atoms with Crippen LogP contribution in [0.5, 0.6) is 0 Å². The van der Waals surface area contributed by atoms with Gasteiger partial charge in [-0.1, -0.05) is 29.3 Å². The van der Waals surface area contributed by atoms with Gasteiger partial charge in [0.15, 0.2) is 0 Å². The molecule has 0 saturated carbocycles. The average Bonchev–Trinajstić information content (AvgIpc) is 2.54. The number of amides is 1. The number of carbonyl (C=O) groups is 2. The minimum Gasteiger partial charge on any atom is -0.480 e. The number of halogens is 1. The minimum atomic E-state index is -1.06. The van der Waals surface area contributed by atoms with Gasteiger partial charge in [-0.15, -0.1) is 0 Å². The number of rotatable bonds is 7. The van der Waals surface area contributed by atoms with Crippen LogP contribution >= 0.6 is 15.9 Å². The summed E-state index contributed by atoms with van der Waals surface area (Å²) in [6, 6.07) is 4.32. The van der Waals surface area contributed by atoms with Gasteiger partial charge in [-0.2, -0.15) is 0 Å². The van der Waals surface area contributed by atoms with Gasteiger partial charge in [0.2, 0.25) is 5.91 Å². The van der Waals surface area contributed by atoms with Crippen molar-refractivity contribution in [3.05, 3.63) is 39.4 Å². The zero-order valence-electron chi connectivity index (χ0n) is 13.2. The fraction of sp³-hybridized carbons (Fsp3) is 0.375. The first-order chi connectivity index (χ1) is 11.4. The SMILES string of the molecule is CCCC(NC(=O)CCn1cnc2ccc(Br)cc2c1=O)C(=O)O. The molecule has 1 atom stereocenters. The Morgan fingerprint density at radius 2 is 2.17 bits per heavy atom. The van der Waals surface area contributed by atoms with Crippen LogP contribution in [-0.4, -0.2) is 32.6 Å². The number of carboxylic acids is 1. The van der Waals surface area contributed by atoms with Crippen LogP contribution < -0.4 is 10.9 Å². The molecule has 0 aliphatic heterocycles. The number of carbonyl (C=O) groups excluding carboxylic acids is 1. The molecule has 0 fully saturated rings. The first-order valence-electron chi connectivity index (χ1n) is 7.59. The van der Waals surface area contributed by atoms with E-state index < -0.39 is 17.9 Å². The lowest BCUT2D eigenvalue weighted by atomic mass is 10.1. The Labute approximate surface area is 146 Å². The standard InChI is InChI=1S/C16H18BrN3O4/c1-2-3-13(16(23)24)19-14(21)6-7-20-9-18-12-5-4-10(17)8-11(12)15(20)22/h4-5,8-9,13H,2-3,6-7H2,1H3,(H,19,21)(H,23,24). The molecule has 2 aromatic rings. The molecule has 0 aliphatic carbocycles. The number of carboxylic acid groups (broad SMARTS) is 1. The third kappa shape index (κ3) is 4.41. The van der Waals surface area contributed by atoms with Crippen LogP contribution in [0.2, 0.25) is 0 Å². The Morgan fingerprint density at radius 1 is 1.42 bits per heavy atom. The van der Waals surface area contributed by atoms with Gasteiger partial charge in [0.05, 0.1) is 17.2 Å². The van der Waals surface area contributed by atoms with E-state index in [4.69, 9.17) is 5.11 Å². The van der Waals surface area contributed by atoms with E-state index >= 15 is 0 Å². The molecule has 0 bridgehead atoms. The highest BCUT2D eigenvalue weighted by Gasteiger charge is 2.18.